The molecule has 0 saturated carbocycles. The van der Waals surface area contributed by atoms with E-state index in [2.05, 4.69) is 31.2 Å². The van der Waals surface area contributed by atoms with E-state index in [1.807, 2.05) is 31.2 Å². The summed E-state index contributed by atoms with van der Waals surface area (Å²) in [4.78, 5) is 46.2. The van der Waals surface area contributed by atoms with Gasteiger partial charge in [0.2, 0.25) is 5.91 Å². The van der Waals surface area contributed by atoms with Gasteiger partial charge in [-0.1, -0.05) is 47.5 Å². The van der Waals surface area contributed by atoms with E-state index >= 15 is 0 Å². The average molecular weight is 474 g/mol. The normalized spacial score (nSPS) is 11.4. The van der Waals surface area contributed by atoms with Gasteiger partial charge in [0.1, 0.15) is 11.3 Å². The molecule has 8 nitrogen and oxygen atoms in total. The molecular weight excluding hydrogens is 450 g/mol. The number of nitrogens with zero attached hydrogens (tertiary/aromatic N) is 3. The summed E-state index contributed by atoms with van der Waals surface area (Å²) in [7, 11) is 0. The van der Waals surface area contributed by atoms with Gasteiger partial charge in [0.25, 0.3) is 5.56 Å². The van der Waals surface area contributed by atoms with E-state index < -0.39 is 0 Å². The number of aromatic amines is 1. The van der Waals surface area contributed by atoms with E-state index in [-0.39, 0.29) is 23.7 Å². The molecule has 2 heterocycles. The van der Waals surface area contributed by atoms with Crippen molar-refractivity contribution in [1.82, 2.24) is 19.1 Å². The van der Waals surface area contributed by atoms with Crippen LogP contribution >= 0.6 is 15.9 Å². The van der Waals surface area contributed by atoms with Gasteiger partial charge >= 0.3 is 5.69 Å². The van der Waals surface area contributed by atoms with Crippen LogP contribution in [-0.2, 0) is 24.3 Å². The van der Waals surface area contributed by atoms with Gasteiger partial charge in [-0.05, 0) is 29.1 Å². The number of unbranched alkanes of at least 4 members (excludes halogenated alkanes) is 1. The van der Waals surface area contributed by atoms with Gasteiger partial charge in [-0.15, -0.1) is 0 Å². The number of allylic oxidation sites excluding steroid dienone is 1. The minimum absolute atomic E-state index is 0.129. The summed E-state index contributed by atoms with van der Waals surface area (Å²) in [6.45, 7) is 4.19. The second-order valence-electron chi connectivity index (χ2n) is 7.00. The molecule has 0 spiro atoms. The number of carbonyl (C=O) groups excluding carboxylic acids is 1. The summed E-state index contributed by atoms with van der Waals surface area (Å²) < 4.78 is 2.78. The maximum atomic E-state index is 12.9. The van der Waals surface area contributed by atoms with Gasteiger partial charge < -0.3 is 10.3 Å². The Bertz CT molecular complexity index is 1190. The second-order valence-corrected chi connectivity index (χ2v) is 7.53. The summed E-state index contributed by atoms with van der Waals surface area (Å²) in [5.74, 6) is 0.476. The summed E-state index contributed by atoms with van der Waals surface area (Å²) in [6, 6.07) is 7.41. The van der Waals surface area contributed by atoms with Gasteiger partial charge in [-0.2, -0.15) is 0 Å². The summed E-state index contributed by atoms with van der Waals surface area (Å²) >= 11 is 3.18. The van der Waals surface area contributed by atoms with E-state index in [0.29, 0.717) is 35.6 Å². The lowest BCUT2D eigenvalue weighted by Gasteiger charge is -2.09. The van der Waals surface area contributed by atoms with E-state index in [9.17, 15) is 14.4 Å². The molecule has 0 unspecified atom stereocenters. The standard InChI is InChI=1S/C21H24BrN5O3/c1-3-4-11-26-19-18(20(29)27(21(26)30)12-5-10-22)24-17(25-19)13-15-6-8-16(9-7-15)23-14(2)28/h5-10H,3-4,11-13H2,1-2H3,(H,23,28)(H,24,25). The zero-order valence-corrected chi connectivity index (χ0v) is 18.5. The first-order valence-electron chi connectivity index (χ1n) is 9.78. The molecule has 0 aliphatic carbocycles. The molecule has 0 atom stereocenters. The highest BCUT2D eigenvalue weighted by Gasteiger charge is 2.17. The summed E-state index contributed by atoms with van der Waals surface area (Å²) in [6.07, 6.45) is 3.91. The zero-order chi connectivity index (χ0) is 21.7. The van der Waals surface area contributed by atoms with Crippen molar-refractivity contribution < 1.29 is 4.79 Å². The Balaban J connectivity index is 2.01. The second kappa shape index (κ2) is 9.71. The maximum absolute atomic E-state index is 12.9. The average Bonchev–Trinajstić information content (AvgIpc) is 3.13. The van der Waals surface area contributed by atoms with E-state index in [1.165, 1.54) is 11.5 Å². The topological polar surface area (TPSA) is 102 Å². The predicted octanol–water partition coefficient (Wildman–Crippen LogP) is 3.14. The number of halogens is 1. The Hall–Kier alpha value is -2.94. The van der Waals surface area contributed by atoms with Crippen molar-refractivity contribution in [2.24, 2.45) is 0 Å². The van der Waals surface area contributed by atoms with Gasteiger partial charge in [0.15, 0.2) is 5.65 Å². The first-order valence-corrected chi connectivity index (χ1v) is 10.7. The van der Waals surface area contributed by atoms with Crippen LogP contribution in [0.15, 0.2) is 44.9 Å². The lowest BCUT2D eigenvalue weighted by atomic mass is 10.1. The van der Waals surface area contributed by atoms with Gasteiger partial charge in [0.05, 0.1) is 0 Å². The Morgan fingerprint density at radius 1 is 1.23 bits per heavy atom. The van der Waals surface area contributed by atoms with Crippen LogP contribution in [0.5, 0.6) is 0 Å². The Morgan fingerprint density at radius 3 is 2.60 bits per heavy atom. The third kappa shape index (κ3) is 4.79. The number of carbonyl (C=O) groups is 1. The number of aryl methyl sites for hydroxylation is 1. The number of benzene rings is 1. The van der Waals surface area contributed by atoms with Crippen LogP contribution in [-0.4, -0.2) is 25.0 Å². The zero-order valence-electron chi connectivity index (χ0n) is 16.9. The van der Waals surface area contributed by atoms with Crippen molar-refractivity contribution in [2.75, 3.05) is 5.32 Å². The SMILES string of the molecule is CCCCn1c(=O)n(CC=CBr)c(=O)c2[nH]c(Cc3ccc(NC(C)=O)cc3)nc21. The third-order valence-corrected chi connectivity index (χ3v) is 5.04. The van der Waals surface area contributed by atoms with Gasteiger partial charge in [-0.3, -0.25) is 18.7 Å². The molecule has 0 radical (unpaired) electrons. The number of H-pyrrole nitrogens is 1. The van der Waals surface area contributed by atoms with Crippen molar-refractivity contribution in [2.45, 2.75) is 46.2 Å². The number of anilines is 1. The number of amides is 1. The molecule has 0 fully saturated rings. The predicted molar refractivity (Wildman–Crippen MR) is 121 cm³/mol. The Kier molecular flexibility index (Phi) is 7.04. The van der Waals surface area contributed by atoms with Crippen molar-refractivity contribution in [3.8, 4) is 0 Å². The van der Waals surface area contributed by atoms with E-state index in [1.54, 1.807) is 15.6 Å². The molecule has 30 heavy (non-hydrogen) atoms. The molecule has 158 valence electrons. The fourth-order valence-electron chi connectivity index (χ4n) is 3.22. The van der Waals surface area contributed by atoms with E-state index in [0.717, 1.165) is 18.4 Å². The Labute approximate surface area is 181 Å². The number of nitrogens with one attached hydrogen (secondary N) is 2. The molecular formula is C21H24BrN5O3. The quantitative estimate of drug-likeness (QED) is 0.524. The van der Waals surface area contributed by atoms with Crippen molar-refractivity contribution in [1.29, 1.82) is 0 Å². The molecule has 3 rings (SSSR count). The molecule has 0 aliphatic rings. The maximum Gasteiger partial charge on any atom is 0.333 e. The van der Waals surface area contributed by atoms with Gasteiger partial charge in [-0.25, -0.2) is 9.78 Å². The summed E-state index contributed by atoms with van der Waals surface area (Å²) in [5.41, 5.74) is 1.67. The molecule has 9 heteroatoms. The number of hydrogen-bond donors (Lipinski definition) is 2. The van der Waals surface area contributed by atoms with Crippen LogP contribution in [0.1, 0.15) is 38.1 Å². The van der Waals surface area contributed by atoms with Crippen molar-refractivity contribution >= 4 is 38.7 Å². The molecule has 3 aromatic rings. The Morgan fingerprint density at radius 2 is 1.97 bits per heavy atom. The van der Waals surface area contributed by atoms with Crippen LogP contribution in [0.25, 0.3) is 11.2 Å². The van der Waals surface area contributed by atoms with Crippen LogP contribution in [0, 0.1) is 0 Å². The van der Waals surface area contributed by atoms with Crippen LogP contribution in [0.2, 0.25) is 0 Å². The van der Waals surface area contributed by atoms with Crippen LogP contribution < -0.4 is 16.6 Å². The molecule has 2 aromatic heterocycles. The van der Waals surface area contributed by atoms with Crippen LogP contribution in [0.4, 0.5) is 5.69 Å². The largest absolute Gasteiger partial charge is 0.336 e. The molecule has 0 aliphatic heterocycles. The van der Waals surface area contributed by atoms with E-state index in [4.69, 9.17) is 0 Å². The fraction of sp³-hybridized carbons (Fsp3) is 0.333. The number of imidazole rings is 1. The minimum atomic E-state index is -0.381. The first-order chi connectivity index (χ1) is 14.4. The minimum Gasteiger partial charge on any atom is -0.336 e. The number of hydrogen-bond acceptors (Lipinski definition) is 4. The van der Waals surface area contributed by atoms with Crippen LogP contribution in [0.3, 0.4) is 0 Å². The number of fused-ring (bicyclic) bond motifs is 1. The highest BCUT2D eigenvalue weighted by atomic mass is 79.9. The van der Waals surface area contributed by atoms with Crippen molar-refractivity contribution in [3.05, 3.63) is 67.6 Å². The lowest BCUT2D eigenvalue weighted by molar-refractivity contribution is -0.114. The molecule has 0 bridgehead atoms. The first kappa shape index (κ1) is 21.8. The van der Waals surface area contributed by atoms with Crippen molar-refractivity contribution in [3.63, 3.8) is 0 Å². The number of rotatable bonds is 8. The summed E-state index contributed by atoms with van der Waals surface area (Å²) in [5, 5.41) is 2.73. The monoisotopic (exact) mass is 473 g/mol. The van der Waals surface area contributed by atoms with Gasteiger partial charge in [0, 0.05) is 32.1 Å². The molecule has 1 aromatic carbocycles. The molecule has 1 amide bonds. The fourth-order valence-corrected chi connectivity index (χ4v) is 3.39. The third-order valence-electron chi connectivity index (χ3n) is 4.67. The number of aromatic nitrogens is 4. The molecule has 2 N–H and O–H groups in total. The highest BCUT2D eigenvalue weighted by Crippen LogP contribution is 2.14. The molecule has 0 saturated heterocycles. The highest BCUT2D eigenvalue weighted by molar-refractivity contribution is 9.11. The smallest absolute Gasteiger partial charge is 0.333 e. The lowest BCUT2D eigenvalue weighted by Crippen LogP contribution is -2.40.